The van der Waals surface area contributed by atoms with Crippen molar-refractivity contribution in [2.45, 2.75) is 19.8 Å². The van der Waals surface area contributed by atoms with Crippen LogP contribution >= 0.6 is 0 Å². The summed E-state index contributed by atoms with van der Waals surface area (Å²) in [6, 6.07) is 4.10. The highest BCUT2D eigenvalue weighted by molar-refractivity contribution is 5.40. The van der Waals surface area contributed by atoms with Gasteiger partial charge in [-0.1, -0.05) is 0 Å². The number of anilines is 2. The van der Waals surface area contributed by atoms with Gasteiger partial charge in [0.2, 0.25) is 0 Å². The normalized spacial score (nSPS) is 24.4. The number of hydrogen-bond donors (Lipinski definition) is 0. The summed E-state index contributed by atoms with van der Waals surface area (Å²) in [6.45, 7) is 7.20. The van der Waals surface area contributed by atoms with Crippen LogP contribution in [0.4, 0.5) is 11.6 Å². The first-order valence-electron chi connectivity index (χ1n) is 8.88. The zero-order valence-corrected chi connectivity index (χ0v) is 14.6. The van der Waals surface area contributed by atoms with Gasteiger partial charge in [-0.2, -0.15) is 5.10 Å². The summed E-state index contributed by atoms with van der Waals surface area (Å²) in [4.78, 5) is 13.4. The van der Waals surface area contributed by atoms with E-state index in [9.17, 15) is 0 Å². The Balaban J connectivity index is 1.55. The molecular formula is C18H24N6O. The molecule has 1 unspecified atom stereocenters. The maximum Gasteiger partial charge on any atom is 0.151 e. The van der Waals surface area contributed by atoms with Crippen molar-refractivity contribution in [3.8, 4) is 0 Å². The molecule has 4 rings (SSSR count). The Morgan fingerprint density at radius 1 is 1.04 bits per heavy atom. The molecular weight excluding hydrogens is 316 g/mol. The molecule has 2 fully saturated rings. The van der Waals surface area contributed by atoms with Crippen LogP contribution in [-0.4, -0.2) is 59.6 Å². The highest BCUT2D eigenvalue weighted by Gasteiger charge is 2.39. The van der Waals surface area contributed by atoms with Crippen LogP contribution in [0.1, 0.15) is 18.5 Å². The molecule has 4 heterocycles. The molecule has 0 amide bonds. The van der Waals surface area contributed by atoms with Crippen LogP contribution in [0.3, 0.4) is 0 Å². The third-order valence-electron chi connectivity index (χ3n) is 5.08. The minimum Gasteiger partial charge on any atom is -0.379 e. The van der Waals surface area contributed by atoms with Gasteiger partial charge in [0, 0.05) is 44.0 Å². The first-order chi connectivity index (χ1) is 12.2. The SMILES string of the molecule is Cc1ccc(N2CCCC3(COCCN(c4cnccn4)C3)C2)nn1. The van der Waals surface area contributed by atoms with E-state index in [1.54, 1.807) is 12.4 Å². The second kappa shape index (κ2) is 6.92. The van der Waals surface area contributed by atoms with E-state index >= 15 is 0 Å². The predicted molar refractivity (Wildman–Crippen MR) is 95.7 cm³/mol. The van der Waals surface area contributed by atoms with Gasteiger partial charge in [-0.3, -0.25) is 4.98 Å². The van der Waals surface area contributed by atoms with E-state index in [1.165, 1.54) is 0 Å². The first-order valence-corrected chi connectivity index (χ1v) is 8.88. The lowest BCUT2D eigenvalue weighted by atomic mass is 9.80. The van der Waals surface area contributed by atoms with E-state index in [-0.39, 0.29) is 5.41 Å². The van der Waals surface area contributed by atoms with Crippen molar-refractivity contribution >= 4 is 11.6 Å². The summed E-state index contributed by atoms with van der Waals surface area (Å²) in [5, 5.41) is 8.60. The molecule has 0 bridgehead atoms. The summed E-state index contributed by atoms with van der Waals surface area (Å²) in [6.07, 6.45) is 7.59. The lowest BCUT2D eigenvalue weighted by Crippen LogP contribution is -2.51. The number of ether oxygens (including phenoxy) is 1. The van der Waals surface area contributed by atoms with Gasteiger partial charge in [0.15, 0.2) is 5.82 Å². The van der Waals surface area contributed by atoms with Gasteiger partial charge in [-0.15, -0.1) is 5.10 Å². The fourth-order valence-corrected chi connectivity index (χ4v) is 3.85. The minimum absolute atomic E-state index is 0.0822. The summed E-state index contributed by atoms with van der Waals surface area (Å²) in [5.41, 5.74) is 1.03. The summed E-state index contributed by atoms with van der Waals surface area (Å²) >= 11 is 0. The quantitative estimate of drug-likeness (QED) is 0.824. The Kier molecular flexibility index (Phi) is 4.48. The molecule has 2 aromatic rings. The molecule has 0 aliphatic carbocycles. The Hall–Kier alpha value is -2.28. The maximum absolute atomic E-state index is 5.99. The molecule has 1 spiro atoms. The lowest BCUT2D eigenvalue weighted by Gasteiger charge is -2.44. The second-order valence-electron chi connectivity index (χ2n) is 7.10. The van der Waals surface area contributed by atoms with Crippen LogP contribution in [0.15, 0.2) is 30.7 Å². The molecule has 2 aliphatic rings. The molecule has 2 saturated heterocycles. The third-order valence-corrected chi connectivity index (χ3v) is 5.08. The van der Waals surface area contributed by atoms with E-state index < -0.39 is 0 Å². The standard InChI is InChI=1S/C18H24N6O/c1-15-3-4-16(22-21-15)23-8-2-5-18(12-23)13-24(9-10-25-14-18)17-11-19-6-7-20-17/h3-4,6-7,11H,2,5,8-10,12-14H2,1H3. The van der Waals surface area contributed by atoms with Gasteiger partial charge in [-0.25, -0.2) is 4.98 Å². The fourth-order valence-electron chi connectivity index (χ4n) is 3.85. The number of hydrogen-bond acceptors (Lipinski definition) is 7. The molecule has 2 aromatic heterocycles. The monoisotopic (exact) mass is 340 g/mol. The average Bonchev–Trinajstić information content (AvgIpc) is 2.86. The van der Waals surface area contributed by atoms with E-state index in [2.05, 4.69) is 36.0 Å². The first kappa shape index (κ1) is 16.2. The maximum atomic E-state index is 5.99. The Morgan fingerprint density at radius 3 is 2.68 bits per heavy atom. The largest absolute Gasteiger partial charge is 0.379 e. The van der Waals surface area contributed by atoms with Crippen molar-refractivity contribution in [3.05, 3.63) is 36.4 Å². The van der Waals surface area contributed by atoms with Gasteiger partial charge in [0.1, 0.15) is 5.82 Å². The van der Waals surface area contributed by atoms with E-state index in [0.717, 1.165) is 69.6 Å². The van der Waals surface area contributed by atoms with Crippen molar-refractivity contribution in [1.29, 1.82) is 0 Å². The average molecular weight is 340 g/mol. The van der Waals surface area contributed by atoms with E-state index in [4.69, 9.17) is 4.74 Å². The topological polar surface area (TPSA) is 67.3 Å². The molecule has 132 valence electrons. The molecule has 1 atom stereocenters. The fraction of sp³-hybridized carbons (Fsp3) is 0.556. The summed E-state index contributed by atoms with van der Waals surface area (Å²) in [5.74, 6) is 1.89. The van der Waals surface area contributed by atoms with Gasteiger partial charge >= 0.3 is 0 Å². The summed E-state index contributed by atoms with van der Waals surface area (Å²) < 4.78 is 5.99. The number of aryl methyl sites for hydroxylation is 1. The van der Waals surface area contributed by atoms with Crippen molar-refractivity contribution in [2.75, 3.05) is 49.2 Å². The highest BCUT2D eigenvalue weighted by Crippen LogP contribution is 2.35. The summed E-state index contributed by atoms with van der Waals surface area (Å²) in [7, 11) is 0. The van der Waals surface area contributed by atoms with Gasteiger partial charge < -0.3 is 14.5 Å². The van der Waals surface area contributed by atoms with Crippen LogP contribution in [0, 0.1) is 12.3 Å². The van der Waals surface area contributed by atoms with Gasteiger partial charge in [0.05, 0.1) is 25.1 Å². The van der Waals surface area contributed by atoms with Crippen molar-refractivity contribution in [1.82, 2.24) is 20.2 Å². The Morgan fingerprint density at radius 2 is 1.92 bits per heavy atom. The van der Waals surface area contributed by atoms with Gasteiger partial charge in [0.25, 0.3) is 0 Å². The molecule has 0 radical (unpaired) electrons. The molecule has 0 saturated carbocycles. The lowest BCUT2D eigenvalue weighted by molar-refractivity contribution is 0.0597. The number of nitrogens with zero attached hydrogens (tertiary/aromatic N) is 6. The Labute approximate surface area is 148 Å². The van der Waals surface area contributed by atoms with Crippen molar-refractivity contribution in [2.24, 2.45) is 5.41 Å². The zero-order chi connectivity index (χ0) is 17.1. The molecule has 2 aliphatic heterocycles. The number of rotatable bonds is 2. The van der Waals surface area contributed by atoms with Crippen LogP contribution in [-0.2, 0) is 4.74 Å². The van der Waals surface area contributed by atoms with Crippen LogP contribution in [0.2, 0.25) is 0 Å². The molecule has 0 aromatic carbocycles. The molecule has 25 heavy (non-hydrogen) atoms. The Bertz CT molecular complexity index is 694. The van der Waals surface area contributed by atoms with E-state index in [0.29, 0.717) is 0 Å². The minimum atomic E-state index is 0.0822. The number of piperidine rings is 1. The smallest absolute Gasteiger partial charge is 0.151 e. The molecule has 7 nitrogen and oxygen atoms in total. The van der Waals surface area contributed by atoms with Crippen molar-refractivity contribution in [3.63, 3.8) is 0 Å². The second-order valence-corrected chi connectivity index (χ2v) is 7.10. The molecule has 0 N–H and O–H groups in total. The predicted octanol–water partition coefficient (Wildman–Crippen LogP) is 1.70. The van der Waals surface area contributed by atoms with Crippen LogP contribution in [0.25, 0.3) is 0 Å². The van der Waals surface area contributed by atoms with Crippen LogP contribution in [0.5, 0.6) is 0 Å². The third kappa shape index (κ3) is 3.56. The number of aromatic nitrogens is 4. The van der Waals surface area contributed by atoms with Gasteiger partial charge in [-0.05, 0) is 31.9 Å². The van der Waals surface area contributed by atoms with Crippen molar-refractivity contribution < 1.29 is 4.74 Å². The highest BCUT2D eigenvalue weighted by atomic mass is 16.5. The van der Waals surface area contributed by atoms with Crippen LogP contribution < -0.4 is 9.80 Å². The molecule has 7 heteroatoms. The zero-order valence-electron chi connectivity index (χ0n) is 14.6. The van der Waals surface area contributed by atoms with E-state index in [1.807, 2.05) is 19.2 Å².